The topological polar surface area (TPSA) is 86.6 Å². The zero-order valence-electron chi connectivity index (χ0n) is 9.49. The molecule has 0 bridgehead atoms. The highest BCUT2D eigenvalue weighted by molar-refractivity contribution is 5.95. The number of carboxylic acid groups (broad SMARTS) is 1. The number of halogens is 3. The number of carbonyl (C=O) groups is 2. The van der Waals surface area contributed by atoms with Crippen LogP contribution in [-0.4, -0.2) is 28.3 Å². The number of hydrogen-bond acceptors (Lipinski definition) is 3. The Morgan fingerprint density at radius 1 is 1.26 bits per heavy atom. The van der Waals surface area contributed by atoms with E-state index in [1.54, 1.807) is 0 Å². The minimum Gasteiger partial charge on any atom is -0.506 e. The second kappa shape index (κ2) is 5.59. The van der Waals surface area contributed by atoms with Crippen LogP contribution in [0.3, 0.4) is 0 Å². The van der Waals surface area contributed by atoms with Crippen LogP contribution in [0.25, 0.3) is 0 Å². The Morgan fingerprint density at radius 3 is 2.42 bits per heavy atom. The molecule has 1 aromatic carbocycles. The van der Waals surface area contributed by atoms with E-state index in [1.807, 2.05) is 5.32 Å². The van der Waals surface area contributed by atoms with E-state index in [-0.39, 0.29) is 11.3 Å². The van der Waals surface area contributed by atoms with Crippen molar-refractivity contribution >= 4 is 17.6 Å². The lowest BCUT2D eigenvalue weighted by Gasteiger charge is -2.09. The lowest BCUT2D eigenvalue weighted by Crippen LogP contribution is -2.16. The summed E-state index contributed by atoms with van der Waals surface area (Å²) in [6.07, 6.45) is -6.55. The molecule has 0 fully saturated rings. The van der Waals surface area contributed by atoms with E-state index < -0.39 is 36.6 Å². The second-order valence-corrected chi connectivity index (χ2v) is 3.70. The van der Waals surface area contributed by atoms with E-state index in [1.165, 1.54) is 0 Å². The number of carbonyl (C=O) groups excluding carboxylic acids is 1. The summed E-state index contributed by atoms with van der Waals surface area (Å²) in [6.45, 7) is 0. The number of amides is 1. The number of carboxylic acids is 1. The van der Waals surface area contributed by atoms with Gasteiger partial charge < -0.3 is 15.5 Å². The van der Waals surface area contributed by atoms with Crippen molar-refractivity contribution in [1.29, 1.82) is 0 Å². The van der Waals surface area contributed by atoms with Gasteiger partial charge in [-0.2, -0.15) is 13.2 Å². The first kappa shape index (κ1) is 14.8. The third-order valence-corrected chi connectivity index (χ3v) is 2.15. The standard InChI is InChI=1S/C11H10F3NO4/c12-11(13,14)4-3-9(17)15-7-5-6(10(18)19)1-2-8(7)16/h1-2,5,16H,3-4H2,(H,15,17)(H,18,19). The molecular formula is C11H10F3NO4. The van der Waals surface area contributed by atoms with Crippen molar-refractivity contribution < 1.29 is 33.0 Å². The molecule has 0 heterocycles. The number of hydrogen-bond donors (Lipinski definition) is 3. The summed E-state index contributed by atoms with van der Waals surface area (Å²) in [4.78, 5) is 21.9. The number of alkyl halides is 3. The minimum atomic E-state index is -4.46. The number of phenols is 1. The van der Waals surface area contributed by atoms with Crippen LogP contribution in [0.15, 0.2) is 18.2 Å². The molecule has 1 aromatic rings. The lowest BCUT2D eigenvalue weighted by atomic mass is 10.2. The largest absolute Gasteiger partial charge is 0.506 e. The molecule has 1 amide bonds. The first-order valence-electron chi connectivity index (χ1n) is 5.12. The molecule has 5 nitrogen and oxygen atoms in total. The molecule has 0 spiro atoms. The van der Waals surface area contributed by atoms with Gasteiger partial charge in [0.1, 0.15) is 5.75 Å². The van der Waals surface area contributed by atoms with E-state index in [0.717, 1.165) is 18.2 Å². The summed E-state index contributed by atoms with van der Waals surface area (Å²) >= 11 is 0. The van der Waals surface area contributed by atoms with Gasteiger partial charge in [-0.1, -0.05) is 0 Å². The molecule has 104 valence electrons. The van der Waals surface area contributed by atoms with Gasteiger partial charge in [0.05, 0.1) is 17.7 Å². The number of anilines is 1. The zero-order valence-corrected chi connectivity index (χ0v) is 9.49. The number of phenolic OH excluding ortho intramolecular Hbond substituents is 1. The third-order valence-electron chi connectivity index (χ3n) is 2.15. The highest BCUT2D eigenvalue weighted by atomic mass is 19.4. The highest BCUT2D eigenvalue weighted by Crippen LogP contribution is 2.26. The molecule has 0 saturated carbocycles. The van der Waals surface area contributed by atoms with E-state index in [2.05, 4.69) is 0 Å². The molecule has 0 aliphatic carbocycles. The van der Waals surface area contributed by atoms with Crippen molar-refractivity contribution in [3.8, 4) is 5.75 Å². The van der Waals surface area contributed by atoms with Gasteiger partial charge in [0.15, 0.2) is 0 Å². The summed E-state index contributed by atoms with van der Waals surface area (Å²) in [7, 11) is 0. The van der Waals surface area contributed by atoms with Gasteiger partial charge in [0, 0.05) is 6.42 Å². The van der Waals surface area contributed by atoms with E-state index in [0.29, 0.717) is 0 Å². The Labute approximate surface area is 105 Å². The summed E-state index contributed by atoms with van der Waals surface area (Å²) in [6, 6.07) is 3.09. The van der Waals surface area contributed by atoms with Gasteiger partial charge in [-0.3, -0.25) is 4.79 Å². The van der Waals surface area contributed by atoms with Gasteiger partial charge in [-0.05, 0) is 18.2 Å². The quantitative estimate of drug-likeness (QED) is 0.737. The summed E-state index contributed by atoms with van der Waals surface area (Å²) < 4.78 is 35.7. The van der Waals surface area contributed by atoms with Gasteiger partial charge in [-0.15, -0.1) is 0 Å². The van der Waals surface area contributed by atoms with Crippen molar-refractivity contribution in [2.75, 3.05) is 5.32 Å². The summed E-state index contributed by atoms with van der Waals surface area (Å²) in [5.74, 6) is -2.67. The Hall–Kier alpha value is -2.25. The molecule has 1 rings (SSSR count). The van der Waals surface area contributed by atoms with Crippen LogP contribution < -0.4 is 5.32 Å². The Bertz CT molecular complexity index is 499. The first-order chi connectivity index (χ1) is 8.69. The van der Waals surface area contributed by atoms with Gasteiger partial charge in [0.25, 0.3) is 0 Å². The van der Waals surface area contributed by atoms with Crippen LogP contribution in [-0.2, 0) is 4.79 Å². The molecule has 3 N–H and O–H groups in total. The smallest absolute Gasteiger partial charge is 0.389 e. The van der Waals surface area contributed by atoms with Crippen molar-refractivity contribution in [3.05, 3.63) is 23.8 Å². The number of aromatic carboxylic acids is 1. The number of aromatic hydroxyl groups is 1. The van der Waals surface area contributed by atoms with E-state index in [4.69, 9.17) is 5.11 Å². The number of rotatable bonds is 4. The maximum Gasteiger partial charge on any atom is 0.389 e. The molecule has 0 saturated heterocycles. The van der Waals surface area contributed by atoms with Crippen LogP contribution in [0.4, 0.5) is 18.9 Å². The normalized spacial score (nSPS) is 11.1. The highest BCUT2D eigenvalue weighted by Gasteiger charge is 2.28. The molecule has 8 heteroatoms. The number of benzene rings is 1. The SMILES string of the molecule is O=C(CCC(F)(F)F)Nc1cc(C(=O)O)ccc1O. The predicted molar refractivity (Wildman–Crippen MR) is 59.0 cm³/mol. The lowest BCUT2D eigenvalue weighted by molar-refractivity contribution is -0.142. The van der Waals surface area contributed by atoms with Crippen molar-refractivity contribution in [2.45, 2.75) is 19.0 Å². The van der Waals surface area contributed by atoms with Crippen LogP contribution in [0.5, 0.6) is 5.75 Å². The van der Waals surface area contributed by atoms with Gasteiger partial charge in [0.2, 0.25) is 5.91 Å². The summed E-state index contributed by atoms with van der Waals surface area (Å²) in [5, 5.41) is 20.1. The van der Waals surface area contributed by atoms with Gasteiger partial charge >= 0.3 is 12.1 Å². The van der Waals surface area contributed by atoms with Crippen molar-refractivity contribution in [2.24, 2.45) is 0 Å². The maximum atomic E-state index is 11.9. The van der Waals surface area contributed by atoms with Crippen molar-refractivity contribution in [1.82, 2.24) is 0 Å². The Morgan fingerprint density at radius 2 is 1.89 bits per heavy atom. The third kappa shape index (κ3) is 4.86. The molecule has 0 atom stereocenters. The first-order valence-corrected chi connectivity index (χ1v) is 5.12. The Kier molecular flexibility index (Phi) is 4.36. The van der Waals surface area contributed by atoms with Crippen LogP contribution in [0.2, 0.25) is 0 Å². The fourth-order valence-corrected chi connectivity index (χ4v) is 1.24. The molecule has 0 aromatic heterocycles. The van der Waals surface area contributed by atoms with Crippen LogP contribution in [0, 0.1) is 0 Å². The number of nitrogens with one attached hydrogen (secondary N) is 1. The van der Waals surface area contributed by atoms with E-state index in [9.17, 15) is 27.9 Å². The Balaban J connectivity index is 2.73. The molecule has 0 unspecified atom stereocenters. The van der Waals surface area contributed by atoms with Crippen molar-refractivity contribution in [3.63, 3.8) is 0 Å². The maximum absolute atomic E-state index is 11.9. The zero-order chi connectivity index (χ0) is 14.6. The molecular weight excluding hydrogens is 267 g/mol. The monoisotopic (exact) mass is 277 g/mol. The molecule has 19 heavy (non-hydrogen) atoms. The van der Waals surface area contributed by atoms with Crippen LogP contribution in [0.1, 0.15) is 23.2 Å². The average molecular weight is 277 g/mol. The fraction of sp³-hybridized carbons (Fsp3) is 0.273. The molecule has 0 aliphatic rings. The average Bonchev–Trinajstić information content (AvgIpc) is 2.28. The summed E-state index contributed by atoms with van der Waals surface area (Å²) in [5.41, 5.74) is -0.448. The predicted octanol–water partition coefficient (Wildman–Crippen LogP) is 2.37. The van der Waals surface area contributed by atoms with Gasteiger partial charge in [-0.25, -0.2) is 4.79 Å². The molecule has 0 aliphatic heterocycles. The molecule has 0 radical (unpaired) electrons. The minimum absolute atomic E-state index is 0.205. The van der Waals surface area contributed by atoms with Crippen LogP contribution >= 0.6 is 0 Å². The van der Waals surface area contributed by atoms with E-state index >= 15 is 0 Å². The second-order valence-electron chi connectivity index (χ2n) is 3.70. The fourth-order valence-electron chi connectivity index (χ4n) is 1.24.